The van der Waals surface area contributed by atoms with Gasteiger partial charge in [-0.15, -0.1) is 0 Å². The Labute approximate surface area is 77.8 Å². The number of hydrogen-bond donors (Lipinski definition) is 1. The number of benzene rings is 1. The van der Waals surface area contributed by atoms with E-state index in [0.717, 1.165) is 5.56 Å². The maximum Gasteiger partial charge on any atom is 0.144 e. The summed E-state index contributed by atoms with van der Waals surface area (Å²) in [5.74, 6) is 0.394. The number of carbonyl (C=O) groups is 1. The number of fused-ring (bicyclic) bond motifs is 1. The van der Waals surface area contributed by atoms with E-state index in [-0.39, 0.29) is 5.92 Å². The molecule has 0 saturated carbocycles. The van der Waals surface area contributed by atoms with Gasteiger partial charge in [-0.1, -0.05) is 25.1 Å². The van der Waals surface area contributed by atoms with Gasteiger partial charge in [0.25, 0.3) is 0 Å². The van der Waals surface area contributed by atoms with Gasteiger partial charge in [0.15, 0.2) is 0 Å². The fraction of sp³-hybridized carbons (Fsp3) is 0.364. The summed E-state index contributed by atoms with van der Waals surface area (Å²) in [6, 6.07) is 6.09. The van der Waals surface area contributed by atoms with Crippen LogP contribution in [0.3, 0.4) is 0 Å². The Hall–Kier alpha value is -1.15. The van der Waals surface area contributed by atoms with Crippen LogP contribution < -0.4 is 5.73 Å². The molecule has 0 spiro atoms. The molecule has 68 valence electrons. The van der Waals surface area contributed by atoms with Gasteiger partial charge in [0.05, 0.1) is 0 Å². The van der Waals surface area contributed by atoms with E-state index in [2.05, 4.69) is 6.07 Å². The number of rotatable bonds is 1. The summed E-state index contributed by atoms with van der Waals surface area (Å²) < 4.78 is 0. The average Bonchev–Trinajstić information content (AvgIpc) is 2.43. The van der Waals surface area contributed by atoms with Crippen molar-refractivity contribution in [2.24, 2.45) is 5.73 Å². The summed E-state index contributed by atoms with van der Waals surface area (Å²) in [6.45, 7) is 2.52. The number of ketones is 1. The van der Waals surface area contributed by atoms with E-state index >= 15 is 0 Å². The quantitative estimate of drug-likeness (QED) is 0.700. The molecule has 13 heavy (non-hydrogen) atoms. The highest BCUT2D eigenvalue weighted by Crippen LogP contribution is 2.30. The predicted octanol–water partition coefficient (Wildman–Crippen LogP) is 1.37. The zero-order chi connectivity index (χ0) is 9.42. The smallest absolute Gasteiger partial charge is 0.144 e. The van der Waals surface area contributed by atoms with Crippen molar-refractivity contribution in [2.45, 2.75) is 25.8 Å². The molecule has 1 aromatic carbocycles. The molecule has 1 atom stereocenters. The van der Waals surface area contributed by atoms with Gasteiger partial charge in [0, 0.05) is 18.9 Å². The van der Waals surface area contributed by atoms with Crippen molar-refractivity contribution in [3.05, 3.63) is 34.9 Å². The lowest BCUT2D eigenvalue weighted by Crippen LogP contribution is -2.01. The molecule has 0 fully saturated rings. The summed E-state index contributed by atoms with van der Waals surface area (Å²) in [6.07, 6.45) is 0.599. The molecule has 2 heteroatoms. The summed E-state index contributed by atoms with van der Waals surface area (Å²) in [5.41, 5.74) is 9.00. The molecule has 0 radical (unpaired) electrons. The van der Waals surface area contributed by atoms with E-state index in [1.165, 1.54) is 11.1 Å². The van der Waals surface area contributed by atoms with Gasteiger partial charge in [-0.25, -0.2) is 0 Å². The minimum atomic E-state index is 0.0708. The minimum absolute atomic E-state index is 0.0708. The molecule has 0 heterocycles. The number of nitrogens with two attached hydrogens (primary N) is 1. The molecule has 0 bridgehead atoms. The molecule has 2 rings (SSSR count). The third-order valence-electron chi connectivity index (χ3n) is 2.76. The van der Waals surface area contributed by atoms with Crippen LogP contribution in [0.1, 0.15) is 29.5 Å². The molecule has 0 aromatic heterocycles. The first-order valence-electron chi connectivity index (χ1n) is 4.57. The van der Waals surface area contributed by atoms with Crippen LogP contribution in [0.2, 0.25) is 0 Å². The second kappa shape index (κ2) is 2.96. The van der Waals surface area contributed by atoms with Crippen molar-refractivity contribution >= 4 is 5.78 Å². The third kappa shape index (κ3) is 1.27. The summed E-state index contributed by atoms with van der Waals surface area (Å²) in [7, 11) is 0. The molecular weight excluding hydrogens is 162 g/mol. The van der Waals surface area contributed by atoms with Crippen molar-refractivity contribution in [3.63, 3.8) is 0 Å². The topological polar surface area (TPSA) is 43.1 Å². The van der Waals surface area contributed by atoms with E-state index in [4.69, 9.17) is 5.73 Å². The van der Waals surface area contributed by atoms with E-state index in [9.17, 15) is 4.79 Å². The average molecular weight is 175 g/mol. The van der Waals surface area contributed by atoms with Gasteiger partial charge >= 0.3 is 0 Å². The highest BCUT2D eigenvalue weighted by atomic mass is 16.1. The second-order valence-electron chi connectivity index (χ2n) is 3.60. The van der Waals surface area contributed by atoms with Crippen LogP contribution in [0.25, 0.3) is 0 Å². The minimum Gasteiger partial charge on any atom is -0.326 e. The van der Waals surface area contributed by atoms with Crippen LogP contribution in [-0.2, 0) is 17.8 Å². The van der Waals surface area contributed by atoms with Crippen LogP contribution in [0.15, 0.2) is 18.2 Å². The standard InChI is InChI=1S/C11H13NO/c1-7-10-4-8(6-12)2-3-9(10)5-11(7)13/h2-4,7H,5-6,12H2,1H3. The van der Waals surface area contributed by atoms with Crippen molar-refractivity contribution in [1.82, 2.24) is 0 Å². The van der Waals surface area contributed by atoms with E-state index < -0.39 is 0 Å². The summed E-state index contributed by atoms with van der Waals surface area (Å²) >= 11 is 0. The SMILES string of the molecule is CC1C(=O)Cc2ccc(CN)cc21. The molecule has 0 aliphatic heterocycles. The molecule has 0 saturated heterocycles. The Balaban J connectivity index is 2.47. The van der Waals surface area contributed by atoms with Gasteiger partial charge < -0.3 is 5.73 Å². The molecule has 1 aliphatic carbocycles. The lowest BCUT2D eigenvalue weighted by Gasteiger charge is -2.04. The van der Waals surface area contributed by atoms with Crippen LogP contribution >= 0.6 is 0 Å². The zero-order valence-electron chi connectivity index (χ0n) is 7.71. The number of Topliss-reactive ketones (excluding diaryl/α,β-unsaturated/α-hetero) is 1. The van der Waals surface area contributed by atoms with Gasteiger partial charge in [-0.3, -0.25) is 4.79 Å². The summed E-state index contributed by atoms with van der Waals surface area (Å²) in [5, 5.41) is 0. The van der Waals surface area contributed by atoms with Crippen LogP contribution in [0.5, 0.6) is 0 Å². The fourth-order valence-electron chi connectivity index (χ4n) is 1.85. The summed E-state index contributed by atoms with van der Waals surface area (Å²) in [4.78, 5) is 11.4. The Morgan fingerprint density at radius 3 is 3.00 bits per heavy atom. The van der Waals surface area contributed by atoms with Crippen molar-refractivity contribution in [1.29, 1.82) is 0 Å². The third-order valence-corrected chi connectivity index (χ3v) is 2.76. The lowest BCUT2D eigenvalue weighted by molar-refractivity contribution is -0.118. The monoisotopic (exact) mass is 175 g/mol. The molecule has 1 aliphatic rings. The normalized spacial score (nSPS) is 20.5. The Morgan fingerprint density at radius 1 is 1.54 bits per heavy atom. The van der Waals surface area contributed by atoms with E-state index in [1.807, 2.05) is 19.1 Å². The first-order valence-corrected chi connectivity index (χ1v) is 4.57. The molecule has 1 unspecified atom stereocenters. The second-order valence-corrected chi connectivity index (χ2v) is 3.60. The van der Waals surface area contributed by atoms with Crippen molar-refractivity contribution in [2.75, 3.05) is 0 Å². The predicted molar refractivity (Wildman–Crippen MR) is 51.5 cm³/mol. The van der Waals surface area contributed by atoms with Crippen LogP contribution in [0.4, 0.5) is 0 Å². The van der Waals surface area contributed by atoms with E-state index in [1.54, 1.807) is 0 Å². The highest BCUT2D eigenvalue weighted by Gasteiger charge is 2.26. The van der Waals surface area contributed by atoms with Crippen LogP contribution in [0, 0.1) is 0 Å². The zero-order valence-corrected chi connectivity index (χ0v) is 7.71. The lowest BCUT2D eigenvalue weighted by atomic mass is 10.0. The Kier molecular flexibility index (Phi) is 1.93. The van der Waals surface area contributed by atoms with Gasteiger partial charge in [-0.05, 0) is 16.7 Å². The maximum absolute atomic E-state index is 11.4. The molecule has 0 amide bonds. The van der Waals surface area contributed by atoms with Gasteiger partial charge in [0.1, 0.15) is 5.78 Å². The molecular formula is C11H13NO. The Bertz CT molecular complexity index is 357. The maximum atomic E-state index is 11.4. The van der Waals surface area contributed by atoms with Crippen molar-refractivity contribution < 1.29 is 4.79 Å². The first kappa shape index (κ1) is 8.45. The van der Waals surface area contributed by atoms with Gasteiger partial charge in [-0.2, -0.15) is 0 Å². The fourth-order valence-corrected chi connectivity index (χ4v) is 1.85. The van der Waals surface area contributed by atoms with Crippen LogP contribution in [-0.4, -0.2) is 5.78 Å². The van der Waals surface area contributed by atoms with E-state index in [0.29, 0.717) is 18.7 Å². The number of carbonyl (C=O) groups excluding carboxylic acids is 1. The molecule has 2 N–H and O–H groups in total. The van der Waals surface area contributed by atoms with Gasteiger partial charge in [0.2, 0.25) is 0 Å². The largest absolute Gasteiger partial charge is 0.326 e. The molecule has 1 aromatic rings. The van der Waals surface area contributed by atoms with Crippen molar-refractivity contribution in [3.8, 4) is 0 Å². The molecule has 2 nitrogen and oxygen atoms in total. The highest BCUT2D eigenvalue weighted by molar-refractivity contribution is 5.92. The Morgan fingerprint density at radius 2 is 2.31 bits per heavy atom. The number of hydrogen-bond acceptors (Lipinski definition) is 2. The first-order chi connectivity index (χ1) is 6.22.